The Morgan fingerprint density at radius 1 is 1.06 bits per heavy atom. The van der Waals surface area contributed by atoms with Gasteiger partial charge in [0, 0.05) is 19.2 Å². The second kappa shape index (κ2) is 11.1. The van der Waals surface area contributed by atoms with Crippen molar-refractivity contribution in [2.75, 3.05) is 34.0 Å². The number of hydrogen-bond donors (Lipinski definition) is 2. The highest BCUT2D eigenvalue weighted by molar-refractivity contribution is 6.46. The number of carbonyl (C=O) groups is 2. The van der Waals surface area contributed by atoms with Gasteiger partial charge in [-0.3, -0.25) is 9.59 Å². The van der Waals surface area contributed by atoms with Crippen LogP contribution in [0.3, 0.4) is 0 Å². The number of aliphatic hydroxyl groups excluding tert-OH is 1. The molecule has 0 unspecified atom stereocenters. The molecular weight excluding hydrogens is 438 g/mol. The Morgan fingerprint density at radius 2 is 1.82 bits per heavy atom. The minimum absolute atomic E-state index is 0.0344. The lowest BCUT2D eigenvalue weighted by molar-refractivity contribution is -0.140. The largest absolute Gasteiger partial charge is 0.507 e. The molecule has 1 aliphatic heterocycles. The summed E-state index contributed by atoms with van der Waals surface area (Å²) < 4.78 is 16.1. The second-order valence-corrected chi connectivity index (χ2v) is 8.10. The number of benzene rings is 2. The molecular formula is C26H31NO7. The molecule has 1 amide bonds. The molecule has 1 saturated heterocycles. The van der Waals surface area contributed by atoms with Gasteiger partial charge in [-0.05, 0) is 54.8 Å². The van der Waals surface area contributed by atoms with Gasteiger partial charge in [0.2, 0.25) is 0 Å². The van der Waals surface area contributed by atoms with Crippen molar-refractivity contribution in [3.63, 3.8) is 0 Å². The van der Waals surface area contributed by atoms with Crippen LogP contribution in [-0.4, -0.2) is 60.8 Å². The van der Waals surface area contributed by atoms with Crippen molar-refractivity contribution >= 4 is 17.4 Å². The van der Waals surface area contributed by atoms with Crippen molar-refractivity contribution < 1.29 is 34.0 Å². The number of aromatic hydroxyl groups is 1. The second-order valence-electron chi connectivity index (χ2n) is 8.10. The molecule has 1 atom stereocenters. The lowest BCUT2D eigenvalue weighted by Crippen LogP contribution is -2.32. The maximum atomic E-state index is 13.1. The van der Waals surface area contributed by atoms with Crippen molar-refractivity contribution in [1.29, 1.82) is 0 Å². The molecule has 8 nitrogen and oxygen atoms in total. The molecule has 182 valence electrons. The van der Waals surface area contributed by atoms with Crippen LogP contribution in [0.15, 0.2) is 42.0 Å². The first-order valence-corrected chi connectivity index (χ1v) is 11.2. The molecule has 34 heavy (non-hydrogen) atoms. The van der Waals surface area contributed by atoms with Crippen molar-refractivity contribution in [1.82, 2.24) is 4.90 Å². The van der Waals surface area contributed by atoms with Crippen LogP contribution < -0.4 is 9.47 Å². The number of Topliss-reactive ketones (excluding diaryl/α,β-unsaturated/α-hetero) is 1. The smallest absolute Gasteiger partial charge is 0.295 e. The fraction of sp³-hybridized carbons (Fsp3) is 0.385. The number of likely N-dealkylation sites (tertiary alicyclic amines) is 1. The average molecular weight is 470 g/mol. The molecule has 2 aromatic carbocycles. The molecule has 8 heteroatoms. The van der Waals surface area contributed by atoms with Crippen LogP contribution in [0.4, 0.5) is 0 Å². The van der Waals surface area contributed by atoms with E-state index in [1.807, 2.05) is 6.92 Å². The highest BCUT2D eigenvalue weighted by Gasteiger charge is 2.46. The van der Waals surface area contributed by atoms with E-state index in [9.17, 15) is 19.8 Å². The number of hydrogen-bond acceptors (Lipinski definition) is 7. The Morgan fingerprint density at radius 3 is 2.47 bits per heavy atom. The summed E-state index contributed by atoms with van der Waals surface area (Å²) in [6.45, 7) is 4.89. The summed E-state index contributed by atoms with van der Waals surface area (Å²) in [6, 6.07) is 8.85. The van der Waals surface area contributed by atoms with Gasteiger partial charge in [0.05, 0.1) is 31.9 Å². The maximum Gasteiger partial charge on any atom is 0.295 e. The number of ether oxygens (including phenoxy) is 3. The standard InChI is InChI=1S/C26H31NO7/c1-5-6-12-34-20-10-8-18(14-16(20)2)24(29)22-23(17-7-9-19(28)21(15-17)33-4)27(11-13-32-3)26(31)25(22)30/h7-10,14-15,23,28-29H,5-6,11-13H2,1-4H3/t23-/m1/s1. The number of amides is 1. The van der Waals surface area contributed by atoms with Gasteiger partial charge in [0.25, 0.3) is 11.7 Å². The molecule has 1 fully saturated rings. The third-order valence-electron chi connectivity index (χ3n) is 5.80. The number of unbranched alkanes of at least 4 members (excludes halogenated alkanes) is 1. The van der Waals surface area contributed by atoms with Gasteiger partial charge in [-0.2, -0.15) is 0 Å². The molecule has 0 spiro atoms. The first-order chi connectivity index (χ1) is 16.3. The van der Waals surface area contributed by atoms with Crippen LogP contribution in [0.5, 0.6) is 17.2 Å². The molecule has 1 aliphatic rings. The van der Waals surface area contributed by atoms with Gasteiger partial charge in [-0.25, -0.2) is 0 Å². The zero-order valence-corrected chi connectivity index (χ0v) is 20.0. The number of phenols is 1. The lowest BCUT2D eigenvalue weighted by atomic mass is 9.94. The SMILES string of the molecule is CCCCOc1ccc(C(O)=C2C(=O)C(=O)N(CCOC)[C@@H]2c2ccc(O)c(OC)c2)cc1C. The van der Waals surface area contributed by atoms with E-state index in [1.54, 1.807) is 30.3 Å². The molecule has 2 N–H and O–H groups in total. The number of methoxy groups -OCH3 is 2. The highest BCUT2D eigenvalue weighted by Crippen LogP contribution is 2.42. The summed E-state index contributed by atoms with van der Waals surface area (Å²) in [5.41, 5.74) is 1.69. The number of rotatable bonds is 10. The van der Waals surface area contributed by atoms with Crippen LogP contribution in [0.25, 0.3) is 5.76 Å². The fourth-order valence-corrected chi connectivity index (χ4v) is 3.95. The van der Waals surface area contributed by atoms with Crippen LogP contribution in [0.2, 0.25) is 0 Å². The summed E-state index contributed by atoms with van der Waals surface area (Å²) in [6.07, 6.45) is 1.95. The first-order valence-electron chi connectivity index (χ1n) is 11.2. The van der Waals surface area contributed by atoms with E-state index in [4.69, 9.17) is 14.2 Å². The Labute approximate surface area is 199 Å². The Balaban J connectivity index is 2.09. The van der Waals surface area contributed by atoms with E-state index < -0.39 is 17.7 Å². The molecule has 0 aliphatic carbocycles. The first kappa shape index (κ1) is 25.1. The minimum Gasteiger partial charge on any atom is -0.507 e. The van der Waals surface area contributed by atoms with Crippen LogP contribution in [-0.2, 0) is 14.3 Å². The maximum absolute atomic E-state index is 13.1. The molecule has 0 aromatic heterocycles. The normalized spacial score (nSPS) is 17.3. The zero-order chi connectivity index (χ0) is 24.8. The predicted molar refractivity (Wildman–Crippen MR) is 127 cm³/mol. The summed E-state index contributed by atoms with van der Waals surface area (Å²) in [4.78, 5) is 27.3. The summed E-state index contributed by atoms with van der Waals surface area (Å²) in [5, 5.41) is 21.2. The van der Waals surface area contributed by atoms with Crippen LogP contribution in [0.1, 0.15) is 42.5 Å². The summed E-state index contributed by atoms with van der Waals surface area (Å²) in [5.74, 6) is -0.976. The number of aryl methyl sites for hydroxylation is 1. The van der Waals surface area contributed by atoms with E-state index in [-0.39, 0.29) is 36.0 Å². The zero-order valence-electron chi connectivity index (χ0n) is 20.0. The lowest BCUT2D eigenvalue weighted by Gasteiger charge is -2.25. The van der Waals surface area contributed by atoms with E-state index in [0.717, 1.165) is 18.4 Å². The number of phenolic OH excluding ortho intramolecular Hbond substituents is 1. The van der Waals surface area contributed by atoms with Crippen molar-refractivity contribution in [3.05, 3.63) is 58.7 Å². The van der Waals surface area contributed by atoms with Crippen molar-refractivity contribution in [3.8, 4) is 17.2 Å². The predicted octanol–water partition coefficient (Wildman–Crippen LogP) is 3.96. The highest BCUT2D eigenvalue weighted by atomic mass is 16.5. The fourth-order valence-electron chi connectivity index (χ4n) is 3.95. The topological polar surface area (TPSA) is 106 Å². The van der Waals surface area contributed by atoms with E-state index >= 15 is 0 Å². The Hall–Kier alpha value is -3.52. The third-order valence-corrected chi connectivity index (χ3v) is 5.80. The number of carbonyl (C=O) groups excluding carboxylic acids is 2. The van der Waals surface area contributed by atoms with Gasteiger partial charge < -0.3 is 29.3 Å². The van der Waals surface area contributed by atoms with Crippen molar-refractivity contribution in [2.45, 2.75) is 32.7 Å². The Kier molecular flexibility index (Phi) is 8.17. The molecule has 0 bridgehead atoms. The van der Waals surface area contributed by atoms with Crippen LogP contribution in [0, 0.1) is 6.92 Å². The van der Waals surface area contributed by atoms with Gasteiger partial charge in [0.1, 0.15) is 11.5 Å². The van der Waals surface area contributed by atoms with E-state index in [0.29, 0.717) is 23.5 Å². The molecule has 0 radical (unpaired) electrons. The quantitative estimate of drug-likeness (QED) is 0.235. The molecule has 0 saturated carbocycles. The molecule has 2 aromatic rings. The average Bonchev–Trinajstić information content (AvgIpc) is 3.08. The summed E-state index contributed by atoms with van der Waals surface area (Å²) >= 11 is 0. The van der Waals surface area contributed by atoms with E-state index in [2.05, 4.69) is 6.92 Å². The minimum atomic E-state index is -0.870. The number of ketones is 1. The molecule has 3 rings (SSSR count). The van der Waals surface area contributed by atoms with Crippen molar-refractivity contribution in [2.24, 2.45) is 0 Å². The Bertz CT molecular complexity index is 1090. The van der Waals surface area contributed by atoms with Gasteiger partial charge in [-0.15, -0.1) is 0 Å². The van der Waals surface area contributed by atoms with Crippen LogP contribution >= 0.6 is 0 Å². The summed E-state index contributed by atoms with van der Waals surface area (Å²) in [7, 11) is 2.91. The van der Waals surface area contributed by atoms with Gasteiger partial charge in [-0.1, -0.05) is 19.4 Å². The molecule has 1 heterocycles. The van der Waals surface area contributed by atoms with E-state index in [1.165, 1.54) is 25.2 Å². The third kappa shape index (κ3) is 5.02. The monoisotopic (exact) mass is 469 g/mol. The van der Waals surface area contributed by atoms with Gasteiger partial charge in [0.15, 0.2) is 11.5 Å². The number of aliphatic hydroxyl groups is 1. The number of nitrogens with zero attached hydrogens (tertiary/aromatic N) is 1. The van der Waals surface area contributed by atoms with Gasteiger partial charge >= 0.3 is 0 Å².